The third-order valence-electron chi connectivity index (χ3n) is 4.93. The predicted octanol–water partition coefficient (Wildman–Crippen LogP) is 6.02. The second-order valence-corrected chi connectivity index (χ2v) is 7.22. The molecule has 0 aliphatic heterocycles. The van der Waals surface area contributed by atoms with E-state index in [1.165, 1.54) is 16.4 Å². The Kier molecular flexibility index (Phi) is 5.09. The van der Waals surface area contributed by atoms with Gasteiger partial charge < -0.3 is 14.6 Å². The average Bonchev–Trinajstić information content (AvgIpc) is 3.05. The van der Waals surface area contributed by atoms with E-state index in [1.54, 1.807) is 12.1 Å². The zero-order valence-electron chi connectivity index (χ0n) is 16.7. The topological polar surface area (TPSA) is 43.3 Å². The molecular weight excluding hydrogens is 360 g/mol. The Morgan fingerprint density at radius 1 is 1.00 bits per heavy atom. The van der Waals surface area contributed by atoms with Gasteiger partial charge in [0.2, 0.25) is 0 Å². The summed E-state index contributed by atoms with van der Waals surface area (Å²) >= 11 is 0. The van der Waals surface area contributed by atoms with Gasteiger partial charge in [-0.3, -0.25) is 4.79 Å². The fraction of sp³-hybridized carbons (Fsp3) is 0.160. The van der Waals surface area contributed by atoms with Crippen LogP contribution in [0.25, 0.3) is 21.8 Å². The largest absolute Gasteiger partial charge is 0.489 e. The molecule has 0 aliphatic rings. The minimum absolute atomic E-state index is 0.163. The summed E-state index contributed by atoms with van der Waals surface area (Å²) in [6, 6.07) is 21.6. The third-order valence-corrected chi connectivity index (χ3v) is 4.93. The molecule has 0 atom stereocenters. The SMILES string of the molecule is C=C(C)COc1cccc(C(=O)Nc2ccc3c(c2)c2ccccc2n3CC)c1. The number of aromatic nitrogens is 1. The lowest BCUT2D eigenvalue weighted by Crippen LogP contribution is -2.12. The van der Waals surface area contributed by atoms with Gasteiger partial charge in [-0.2, -0.15) is 0 Å². The molecule has 4 aromatic rings. The fourth-order valence-corrected chi connectivity index (χ4v) is 3.61. The van der Waals surface area contributed by atoms with E-state index in [2.05, 4.69) is 47.7 Å². The highest BCUT2D eigenvalue weighted by Gasteiger charge is 2.12. The van der Waals surface area contributed by atoms with E-state index in [4.69, 9.17) is 4.74 Å². The van der Waals surface area contributed by atoms with Gasteiger partial charge in [-0.05, 0) is 61.9 Å². The summed E-state index contributed by atoms with van der Waals surface area (Å²) in [7, 11) is 0. The van der Waals surface area contributed by atoms with Crippen LogP contribution in [0.5, 0.6) is 5.75 Å². The molecule has 29 heavy (non-hydrogen) atoms. The van der Waals surface area contributed by atoms with Crippen molar-refractivity contribution in [3.8, 4) is 5.75 Å². The van der Waals surface area contributed by atoms with E-state index < -0.39 is 0 Å². The number of carbonyl (C=O) groups is 1. The van der Waals surface area contributed by atoms with Gasteiger partial charge in [-0.15, -0.1) is 0 Å². The van der Waals surface area contributed by atoms with Gasteiger partial charge in [0.25, 0.3) is 5.91 Å². The first-order valence-corrected chi connectivity index (χ1v) is 9.76. The summed E-state index contributed by atoms with van der Waals surface area (Å²) in [6.07, 6.45) is 0. The Balaban J connectivity index is 1.63. The Hall–Kier alpha value is -3.53. The number of carbonyl (C=O) groups excluding carboxylic acids is 1. The number of benzene rings is 3. The number of aryl methyl sites for hydroxylation is 1. The molecule has 0 unspecified atom stereocenters. The highest BCUT2D eigenvalue weighted by Crippen LogP contribution is 2.31. The maximum atomic E-state index is 12.8. The van der Waals surface area contributed by atoms with Crippen LogP contribution < -0.4 is 10.1 Å². The van der Waals surface area contributed by atoms with Crippen molar-refractivity contribution >= 4 is 33.4 Å². The maximum absolute atomic E-state index is 12.8. The van der Waals surface area contributed by atoms with Gasteiger partial charge in [0, 0.05) is 39.6 Å². The van der Waals surface area contributed by atoms with Gasteiger partial charge in [-0.25, -0.2) is 0 Å². The van der Waals surface area contributed by atoms with Crippen molar-refractivity contribution in [2.75, 3.05) is 11.9 Å². The van der Waals surface area contributed by atoms with Crippen LogP contribution in [0.4, 0.5) is 5.69 Å². The number of ether oxygens (including phenoxy) is 1. The van der Waals surface area contributed by atoms with Crippen LogP contribution in [0.1, 0.15) is 24.2 Å². The molecule has 0 bridgehead atoms. The Morgan fingerprint density at radius 3 is 2.59 bits per heavy atom. The van der Waals surface area contributed by atoms with Crippen LogP contribution in [0.15, 0.2) is 78.9 Å². The summed E-state index contributed by atoms with van der Waals surface area (Å²) in [4.78, 5) is 12.8. The first-order chi connectivity index (χ1) is 14.1. The molecular formula is C25H24N2O2. The lowest BCUT2D eigenvalue weighted by molar-refractivity contribution is 0.102. The highest BCUT2D eigenvalue weighted by atomic mass is 16.5. The minimum Gasteiger partial charge on any atom is -0.489 e. The summed E-state index contributed by atoms with van der Waals surface area (Å²) < 4.78 is 7.94. The third kappa shape index (κ3) is 3.74. The maximum Gasteiger partial charge on any atom is 0.255 e. The van der Waals surface area contributed by atoms with Crippen molar-refractivity contribution < 1.29 is 9.53 Å². The van der Waals surface area contributed by atoms with Crippen LogP contribution in [-0.4, -0.2) is 17.1 Å². The van der Waals surface area contributed by atoms with Crippen LogP contribution >= 0.6 is 0 Å². The Bertz CT molecular complexity index is 1220. The number of hydrogen-bond donors (Lipinski definition) is 1. The minimum atomic E-state index is -0.163. The summed E-state index contributed by atoms with van der Waals surface area (Å²) in [5.41, 5.74) is 4.63. The summed E-state index contributed by atoms with van der Waals surface area (Å²) in [5.74, 6) is 0.492. The van der Waals surface area contributed by atoms with Crippen molar-refractivity contribution in [2.24, 2.45) is 0 Å². The van der Waals surface area contributed by atoms with Crippen LogP contribution in [0.3, 0.4) is 0 Å². The number of nitrogens with zero attached hydrogens (tertiary/aromatic N) is 1. The lowest BCUT2D eigenvalue weighted by Gasteiger charge is -2.09. The number of hydrogen-bond acceptors (Lipinski definition) is 2. The normalized spacial score (nSPS) is 11.0. The van der Waals surface area contributed by atoms with Crippen molar-refractivity contribution in [1.82, 2.24) is 4.57 Å². The Labute approximate surface area is 170 Å². The summed E-state index contributed by atoms with van der Waals surface area (Å²) in [5, 5.41) is 5.34. The molecule has 1 aromatic heterocycles. The van der Waals surface area contributed by atoms with E-state index in [0.29, 0.717) is 17.9 Å². The molecule has 1 heterocycles. The highest BCUT2D eigenvalue weighted by molar-refractivity contribution is 6.11. The zero-order chi connectivity index (χ0) is 20.4. The second kappa shape index (κ2) is 7.84. The van der Waals surface area contributed by atoms with Crippen molar-refractivity contribution in [3.05, 3.63) is 84.4 Å². The number of anilines is 1. The van der Waals surface area contributed by atoms with E-state index in [0.717, 1.165) is 23.2 Å². The number of rotatable bonds is 6. The number of amides is 1. The molecule has 4 rings (SSSR count). The smallest absolute Gasteiger partial charge is 0.255 e. The molecule has 0 saturated heterocycles. The van der Waals surface area contributed by atoms with Crippen LogP contribution in [-0.2, 0) is 6.54 Å². The van der Waals surface area contributed by atoms with E-state index in [9.17, 15) is 4.79 Å². The van der Waals surface area contributed by atoms with Gasteiger partial charge in [0.1, 0.15) is 12.4 Å². The molecule has 4 heteroatoms. The van der Waals surface area contributed by atoms with Gasteiger partial charge >= 0.3 is 0 Å². The molecule has 146 valence electrons. The van der Waals surface area contributed by atoms with Gasteiger partial charge in [0.05, 0.1) is 0 Å². The fourth-order valence-electron chi connectivity index (χ4n) is 3.61. The molecule has 1 N–H and O–H groups in total. The lowest BCUT2D eigenvalue weighted by atomic mass is 10.1. The predicted molar refractivity (Wildman–Crippen MR) is 120 cm³/mol. The zero-order valence-corrected chi connectivity index (χ0v) is 16.7. The monoisotopic (exact) mass is 384 g/mol. The van der Waals surface area contributed by atoms with Crippen molar-refractivity contribution in [3.63, 3.8) is 0 Å². The Morgan fingerprint density at radius 2 is 1.79 bits per heavy atom. The van der Waals surface area contributed by atoms with E-state index in [-0.39, 0.29) is 5.91 Å². The number of nitrogens with one attached hydrogen (secondary N) is 1. The van der Waals surface area contributed by atoms with Gasteiger partial charge in [-0.1, -0.05) is 30.8 Å². The van der Waals surface area contributed by atoms with E-state index in [1.807, 2.05) is 37.3 Å². The van der Waals surface area contributed by atoms with Gasteiger partial charge in [0.15, 0.2) is 0 Å². The standard InChI is InChI=1S/C25H24N2O2/c1-4-27-23-11-6-5-10-21(23)22-15-19(12-13-24(22)27)26-25(28)18-8-7-9-20(14-18)29-16-17(2)3/h5-15H,2,4,16H2,1,3H3,(H,26,28). The molecule has 0 radical (unpaired) electrons. The van der Waals surface area contributed by atoms with Crippen molar-refractivity contribution in [2.45, 2.75) is 20.4 Å². The first-order valence-electron chi connectivity index (χ1n) is 9.76. The molecule has 0 saturated carbocycles. The molecule has 1 amide bonds. The molecule has 0 aliphatic carbocycles. The number of fused-ring (bicyclic) bond motifs is 3. The van der Waals surface area contributed by atoms with Crippen molar-refractivity contribution in [1.29, 1.82) is 0 Å². The molecule has 3 aromatic carbocycles. The average molecular weight is 384 g/mol. The first kappa shape index (κ1) is 18.8. The number of para-hydroxylation sites is 1. The molecule has 0 fully saturated rings. The second-order valence-electron chi connectivity index (χ2n) is 7.22. The van der Waals surface area contributed by atoms with E-state index >= 15 is 0 Å². The van der Waals surface area contributed by atoms with Crippen LogP contribution in [0, 0.1) is 0 Å². The quantitative estimate of drug-likeness (QED) is 0.413. The molecule has 4 nitrogen and oxygen atoms in total. The molecule has 0 spiro atoms. The van der Waals surface area contributed by atoms with Crippen LogP contribution in [0.2, 0.25) is 0 Å². The summed E-state index contributed by atoms with van der Waals surface area (Å²) in [6.45, 7) is 9.21.